The highest BCUT2D eigenvalue weighted by atomic mass is 35.5. The molecule has 19 heavy (non-hydrogen) atoms. The average Bonchev–Trinajstić information content (AvgIpc) is 2.42. The van der Waals surface area contributed by atoms with Gasteiger partial charge in [-0.05, 0) is 37.0 Å². The number of alkyl halides is 1. The van der Waals surface area contributed by atoms with Crippen LogP contribution in [-0.2, 0) is 0 Å². The molecular formula is C14H19ClFNO2. The molecule has 5 heteroatoms. The molecule has 1 rings (SSSR count). The predicted molar refractivity (Wildman–Crippen MR) is 74.4 cm³/mol. The molecular weight excluding hydrogens is 269 g/mol. The van der Waals surface area contributed by atoms with E-state index in [0.29, 0.717) is 23.9 Å². The summed E-state index contributed by atoms with van der Waals surface area (Å²) in [6.45, 7) is 2.63. The van der Waals surface area contributed by atoms with E-state index in [0.717, 1.165) is 12.8 Å². The van der Waals surface area contributed by atoms with Crippen LogP contribution in [0.4, 0.5) is 4.39 Å². The highest BCUT2D eigenvalue weighted by molar-refractivity contribution is 6.18. The third-order valence-corrected chi connectivity index (χ3v) is 3.36. The molecule has 0 aromatic heterocycles. The molecule has 1 amide bonds. The summed E-state index contributed by atoms with van der Waals surface area (Å²) in [5, 5.41) is 2.75. The standard InChI is InChI=1S/C14H19ClFNO2/c1-10(9-15)4-3-7-17-14(18)11-5-6-13(19-2)12(16)8-11/h5-6,8,10H,3-4,7,9H2,1-2H3,(H,17,18). The van der Waals surface area contributed by atoms with E-state index in [1.807, 2.05) is 0 Å². The van der Waals surface area contributed by atoms with Crippen LogP contribution in [0.15, 0.2) is 18.2 Å². The second-order valence-electron chi connectivity index (χ2n) is 4.51. The van der Waals surface area contributed by atoms with E-state index in [9.17, 15) is 9.18 Å². The largest absolute Gasteiger partial charge is 0.494 e. The van der Waals surface area contributed by atoms with Crippen molar-refractivity contribution in [2.24, 2.45) is 5.92 Å². The molecule has 1 atom stereocenters. The van der Waals surface area contributed by atoms with Crippen molar-refractivity contribution in [2.75, 3.05) is 19.5 Å². The Balaban J connectivity index is 2.43. The molecule has 0 aliphatic heterocycles. The van der Waals surface area contributed by atoms with Gasteiger partial charge in [-0.1, -0.05) is 6.92 Å². The van der Waals surface area contributed by atoms with Crippen LogP contribution in [0.1, 0.15) is 30.1 Å². The lowest BCUT2D eigenvalue weighted by Crippen LogP contribution is -2.24. The number of rotatable bonds is 7. The molecule has 1 N–H and O–H groups in total. The van der Waals surface area contributed by atoms with Gasteiger partial charge in [0.1, 0.15) is 0 Å². The van der Waals surface area contributed by atoms with E-state index in [-0.39, 0.29) is 11.7 Å². The highest BCUT2D eigenvalue weighted by Gasteiger charge is 2.09. The van der Waals surface area contributed by atoms with Gasteiger partial charge in [-0.15, -0.1) is 11.6 Å². The van der Waals surface area contributed by atoms with Crippen molar-refractivity contribution in [2.45, 2.75) is 19.8 Å². The number of hydrogen-bond donors (Lipinski definition) is 1. The molecule has 1 aromatic carbocycles. The third kappa shape index (κ3) is 5.07. The number of nitrogens with one attached hydrogen (secondary N) is 1. The summed E-state index contributed by atoms with van der Waals surface area (Å²) >= 11 is 5.69. The lowest BCUT2D eigenvalue weighted by Gasteiger charge is -2.09. The van der Waals surface area contributed by atoms with Crippen molar-refractivity contribution in [3.8, 4) is 5.75 Å². The fourth-order valence-corrected chi connectivity index (χ4v) is 1.79. The van der Waals surface area contributed by atoms with Gasteiger partial charge < -0.3 is 10.1 Å². The number of hydrogen-bond acceptors (Lipinski definition) is 2. The van der Waals surface area contributed by atoms with Crippen molar-refractivity contribution < 1.29 is 13.9 Å². The number of halogens is 2. The first-order valence-corrected chi connectivity index (χ1v) is 6.79. The molecule has 0 heterocycles. The van der Waals surface area contributed by atoms with Gasteiger partial charge >= 0.3 is 0 Å². The van der Waals surface area contributed by atoms with Crippen molar-refractivity contribution >= 4 is 17.5 Å². The summed E-state index contributed by atoms with van der Waals surface area (Å²) in [6.07, 6.45) is 1.82. The van der Waals surface area contributed by atoms with Gasteiger partial charge in [-0.2, -0.15) is 0 Å². The molecule has 3 nitrogen and oxygen atoms in total. The Kier molecular flexibility index (Phi) is 6.64. The minimum absolute atomic E-state index is 0.132. The van der Waals surface area contributed by atoms with Crippen LogP contribution in [0.2, 0.25) is 0 Å². The molecule has 0 saturated heterocycles. The van der Waals surface area contributed by atoms with Gasteiger partial charge in [0.15, 0.2) is 11.6 Å². The molecule has 0 spiro atoms. The zero-order valence-corrected chi connectivity index (χ0v) is 12.0. The lowest BCUT2D eigenvalue weighted by atomic mass is 10.1. The topological polar surface area (TPSA) is 38.3 Å². The SMILES string of the molecule is COc1ccc(C(=O)NCCCC(C)CCl)cc1F. The normalized spacial score (nSPS) is 12.0. The summed E-state index contributed by atoms with van der Waals surface area (Å²) in [4.78, 5) is 11.8. The Labute approximate surface area is 118 Å². The van der Waals surface area contributed by atoms with Gasteiger partial charge in [0.25, 0.3) is 5.91 Å². The molecule has 1 unspecified atom stereocenters. The number of benzene rings is 1. The molecule has 0 bridgehead atoms. The van der Waals surface area contributed by atoms with Gasteiger partial charge in [-0.25, -0.2) is 4.39 Å². The van der Waals surface area contributed by atoms with Crippen molar-refractivity contribution in [3.05, 3.63) is 29.6 Å². The molecule has 1 aromatic rings. The fraction of sp³-hybridized carbons (Fsp3) is 0.500. The highest BCUT2D eigenvalue weighted by Crippen LogP contribution is 2.17. The van der Waals surface area contributed by atoms with Crippen LogP contribution in [0.25, 0.3) is 0 Å². The minimum Gasteiger partial charge on any atom is -0.494 e. The average molecular weight is 288 g/mol. The monoisotopic (exact) mass is 287 g/mol. The second-order valence-corrected chi connectivity index (χ2v) is 4.82. The van der Waals surface area contributed by atoms with Crippen molar-refractivity contribution in [3.63, 3.8) is 0 Å². The number of carbonyl (C=O) groups excluding carboxylic acids is 1. The summed E-state index contributed by atoms with van der Waals surface area (Å²) in [6, 6.07) is 4.16. The lowest BCUT2D eigenvalue weighted by molar-refractivity contribution is 0.0952. The van der Waals surface area contributed by atoms with E-state index >= 15 is 0 Å². The Morgan fingerprint density at radius 3 is 2.84 bits per heavy atom. The molecule has 106 valence electrons. The Hall–Kier alpha value is -1.29. The smallest absolute Gasteiger partial charge is 0.251 e. The first-order valence-electron chi connectivity index (χ1n) is 6.26. The van der Waals surface area contributed by atoms with E-state index in [1.165, 1.54) is 19.2 Å². The van der Waals surface area contributed by atoms with Crippen molar-refractivity contribution in [1.29, 1.82) is 0 Å². The van der Waals surface area contributed by atoms with E-state index < -0.39 is 5.82 Å². The van der Waals surface area contributed by atoms with Gasteiger partial charge in [0.2, 0.25) is 0 Å². The maximum absolute atomic E-state index is 13.4. The molecule has 0 fully saturated rings. The Morgan fingerprint density at radius 2 is 2.26 bits per heavy atom. The van der Waals surface area contributed by atoms with Crippen LogP contribution in [0.5, 0.6) is 5.75 Å². The van der Waals surface area contributed by atoms with Gasteiger partial charge in [0, 0.05) is 18.0 Å². The van der Waals surface area contributed by atoms with Crippen LogP contribution in [0, 0.1) is 11.7 Å². The van der Waals surface area contributed by atoms with Crippen LogP contribution < -0.4 is 10.1 Å². The Bertz CT molecular complexity index is 426. The maximum atomic E-state index is 13.4. The third-order valence-electron chi connectivity index (χ3n) is 2.84. The zero-order valence-electron chi connectivity index (χ0n) is 11.2. The first kappa shape index (κ1) is 15.8. The van der Waals surface area contributed by atoms with E-state index in [2.05, 4.69) is 12.2 Å². The number of amides is 1. The zero-order chi connectivity index (χ0) is 14.3. The molecule has 0 radical (unpaired) electrons. The number of methoxy groups -OCH3 is 1. The predicted octanol–water partition coefficient (Wildman–Crippen LogP) is 3.22. The van der Waals surface area contributed by atoms with Gasteiger partial charge in [-0.3, -0.25) is 4.79 Å². The molecule has 0 aliphatic rings. The fourth-order valence-electron chi connectivity index (χ4n) is 1.64. The quantitative estimate of drug-likeness (QED) is 0.618. The minimum atomic E-state index is -0.536. The summed E-state index contributed by atoms with van der Waals surface area (Å²) in [5.41, 5.74) is 0.295. The number of ether oxygens (including phenoxy) is 1. The van der Waals surface area contributed by atoms with E-state index in [4.69, 9.17) is 16.3 Å². The van der Waals surface area contributed by atoms with Crippen LogP contribution in [-0.4, -0.2) is 25.4 Å². The maximum Gasteiger partial charge on any atom is 0.251 e. The van der Waals surface area contributed by atoms with Crippen LogP contribution in [0.3, 0.4) is 0 Å². The summed E-state index contributed by atoms with van der Waals surface area (Å²) in [7, 11) is 1.39. The second kappa shape index (κ2) is 8.00. The molecule has 0 saturated carbocycles. The first-order chi connectivity index (χ1) is 9.08. The van der Waals surface area contributed by atoms with Gasteiger partial charge in [0.05, 0.1) is 7.11 Å². The summed E-state index contributed by atoms with van der Waals surface area (Å²) in [5.74, 6) is 0.382. The van der Waals surface area contributed by atoms with Crippen LogP contribution >= 0.6 is 11.6 Å². The molecule has 0 aliphatic carbocycles. The van der Waals surface area contributed by atoms with E-state index in [1.54, 1.807) is 6.07 Å². The Morgan fingerprint density at radius 1 is 1.53 bits per heavy atom. The number of carbonyl (C=O) groups is 1. The van der Waals surface area contributed by atoms with Crippen molar-refractivity contribution in [1.82, 2.24) is 5.32 Å². The summed E-state index contributed by atoms with van der Waals surface area (Å²) < 4.78 is 18.2.